The minimum absolute atomic E-state index is 0.130. The zero-order chi connectivity index (χ0) is 30.7. The van der Waals surface area contributed by atoms with Crippen molar-refractivity contribution in [3.63, 3.8) is 0 Å². The van der Waals surface area contributed by atoms with Gasteiger partial charge in [0.25, 0.3) is 5.91 Å². The van der Waals surface area contributed by atoms with Crippen molar-refractivity contribution in [3.8, 4) is 0 Å². The van der Waals surface area contributed by atoms with Crippen molar-refractivity contribution in [2.75, 3.05) is 13.1 Å². The van der Waals surface area contributed by atoms with Gasteiger partial charge in [0.1, 0.15) is 17.9 Å². The van der Waals surface area contributed by atoms with Crippen LogP contribution in [-0.2, 0) is 19.8 Å². The highest BCUT2D eigenvalue weighted by Gasteiger charge is 2.51. The number of carbonyl (C=O) groups is 3. The van der Waals surface area contributed by atoms with Crippen molar-refractivity contribution in [2.45, 2.75) is 61.8 Å². The fourth-order valence-electron chi connectivity index (χ4n) is 6.23. The molecular weight excluding hydrogens is 608 g/mol. The Hall–Kier alpha value is -3.32. The summed E-state index contributed by atoms with van der Waals surface area (Å²) in [6.07, 6.45) is 5.70. The molecular formula is C28H28F3N4O6PS. The minimum atomic E-state index is -5.76. The third-order valence-electron chi connectivity index (χ3n) is 8.56. The Morgan fingerprint density at radius 1 is 1.09 bits per heavy atom. The van der Waals surface area contributed by atoms with E-state index in [4.69, 9.17) is 9.79 Å². The van der Waals surface area contributed by atoms with Crippen LogP contribution in [0.4, 0.5) is 13.2 Å². The summed E-state index contributed by atoms with van der Waals surface area (Å²) in [5.41, 5.74) is -4.80. The number of pyridine rings is 1. The van der Waals surface area contributed by atoms with Crippen molar-refractivity contribution < 1.29 is 41.9 Å². The SMILES string of the molecule is O=C(N[C@H]1CCC[C@H]2CC[C@@H](C(=O)N3CC(c4cnccc4F)C3)N2C1=O)c1cc2cc(C(F)(F)P(=O)(O)O)ccc2s1. The molecule has 0 unspecified atom stereocenters. The number of alkyl halides is 2. The molecule has 10 nitrogen and oxygen atoms in total. The molecule has 228 valence electrons. The summed E-state index contributed by atoms with van der Waals surface area (Å²) in [6.45, 7) is 0.664. The lowest BCUT2D eigenvalue weighted by atomic mass is 9.91. The Bertz CT molecular complexity index is 1660. The number of amides is 3. The number of benzene rings is 1. The topological polar surface area (TPSA) is 140 Å². The number of nitrogens with one attached hydrogen (secondary N) is 1. The van der Waals surface area contributed by atoms with Crippen molar-refractivity contribution in [3.05, 3.63) is 64.5 Å². The number of carbonyl (C=O) groups excluding carboxylic acids is 3. The molecule has 3 aliphatic rings. The fraction of sp³-hybridized carbons (Fsp3) is 0.429. The lowest BCUT2D eigenvalue weighted by molar-refractivity contribution is -0.148. The monoisotopic (exact) mass is 636 g/mol. The van der Waals surface area contributed by atoms with Crippen LogP contribution in [0.5, 0.6) is 0 Å². The zero-order valence-electron chi connectivity index (χ0n) is 22.7. The molecule has 3 N–H and O–H groups in total. The molecule has 3 aliphatic heterocycles. The van der Waals surface area contributed by atoms with Gasteiger partial charge in [0.05, 0.1) is 4.88 Å². The van der Waals surface area contributed by atoms with Crippen molar-refractivity contribution in [2.24, 2.45) is 0 Å². The number of thiophene rings is 1. The Balaban J connectivity index is 1.15. The molecule has 5 heterocycles. The zero-order valence-corrected chi connectivity index (χ0v) is 24.4. The second-order valence-corrected chi connectivity index (χ2v) is 14.0. The van der Waals surface area contributed by atoms with Gasteiger partial charge in [0, 0.05) is 53.3 Å². The average molecular weight is 637 g/mol. The lowest BCUT2D eigenvalue weighted by Crippen LogP contribution is -2.58. The van der Waals surface area contributed by atoms with Crippen LogP contribution in [0.1, 0.15) is 58.8 Å². The molecule has 15 heteroatoms. The largest absolute Gasteiger partial charge is 0.399 e. The molecule has 3 amide bonds. The molecule has 0 spiro atoms. The van der Waals surface area contributed by atoms with Crippen LogP contribution in [0, 0.1) is 5.82 Å². The van der Waals surface area contributed by atoms with Crippen LogP contribution in [0.2, 0.25) is 0 Å². The number of hydrogen-bond acceptors (Lipinski definition) is 6. The van der Waals surface area contributed by atoms with E-state index in [1.54, 1.807) is 9.80 Å². The molecule has 0 saturated carbocycles. The summed E-state index contributed by atoms with van der Waals surface area (Å²) in [7, 11) is -5.76. The van der Waals surface area contributed by atoms with Gasteiger partial charge in [-0.1, -0.05) is 6.07 Å². The Morgan fingerprint density at radius 2 is 1.86 bits per heavy atom. The molecule has 2 aromatic heterocycles. The molecule has 3 atom stereocenters. The highest BCUT2D eigenvalue weighted by molar-refractivity contribution is 7.52. The smallest absolute Gasteiger partial charge is 0.340 e. The van der Waals surface area contributed by atoms with E-state index in [2.05, 4.69) is 10.3 Å². The van der Waals surface area contributed by atoms with Gasteiger partial charge in [0.2, 0.25) is 11.8 Å². The summed E-state index contributed by atoms with van der Waals surface area (Å²) >= 11 is 0.998. The predicted molar refractivity (Wildman–Crippen MR) is 150 cm³/mol. The van der Waals surface area contributed by atoms with Gasteiger partial charge in [-0.2, -0.15) is 8.78 Å². The summed E-state index contributed by atoms with van der Waals surface area (Å²) in [5, 5.41) is 2.96. The van der Waals surface area contributed by atoms with Gasteiger partial charge in [-0.05, 0) is 61.8 Å². The molecule has 1 aromatic carbocycles. The summed E-state index contributed by atoms with van der Waals surface area (Å²) in [5.74, 6) is -1.68. The molecule has 43 heavy (non-hydrogen) atoms. The molecule has 0 aliphatic carbocycles. The van der Waals surface area contributed by atoms with Crippen molar-refractivity contribution >= 4 is 46.7 Å². The van der Waals surface area contributed by atoms with Gasteiger partial charge in [-0.15, -0.1) is 11.3 Å². The van der Waals surface area contributed by atoms with Gasteiger partial charge >= 0.3 is 13.3 Å². The van der Waals surface area contributed by atoms with Crippen LogP contribution in [0.15, 0.2) is 42.7 Å². The first kappa shape index (κ1) is 29.7. The van der Waals surface area contributed by atoms with E-state index < -0.39 is 36.8 Å². The van der Waals surface area contributed by atoms with E-state index in [1.807, 2.05) is 0 Å². The number of halogens is 3. The van der Waals surface area contributed by atoms with Gasteiger partial charge < -0.3 is 24.9 Å². The van der Waals surface area contributed by atoms with Gasteiger partial charge in [0.15, 0.2) is 0 Å². The van der Waals surface area contributed by atoms with E-state index >= 15 is 0 Å². The Morgan fingerprint density at radius 3 is 2.58 bits per heavy atom. The van der Waals surface area contributed by atoms with E-state index in [1.165, 1.54) is 30.6 Å². The maximum absolute atomic E-state index is 14.2. The number of nitrogens with zero attached hydrogens (tertiary/aromatic N) is 3. The first-order chi connectivity index (χ1) is 20.3. The van der Waals surface area contributed by atoms with Gasteiger partial charge in [-0.3, -0.25) is 23.9 Å². The van der Waals surface area contributed by atoms with Crippen LogP contribution in [0.3, 0.4) is 0 Å². The molecule has 0 radical (unpaired) electrons. The molecule has 3 saturated heterocycles. The Labute approximate surface area is 248 Å². The van der Waals surface area contributed by atoms with Crippen molar-refractivity contribution in [1.82, 2.24) is 20.1 Å². The van der Waals surface area contributed by atoms with Gasteiger partial charge in [-0.25, -0.2) is 4.39 Å². The normalized spacial score (nSPS) is 23.2. The molecule has 3 aromatic rings. The van der Waals surface area contributed by atoms with E-state index in [9.17, 15) is 32.1 Å². The second kappa shape index (κ2) is 11.0. The lowest BCUT2D eigenvalue weighted by Gasteiger charge is -2.42. The number of aromatic nitrogens is 1. The second-order valence-electron chi connectivity index (χ2n) is 11.2. The highest BCUT2D eigenvalue weighted by atomic mass is 32.1. The van der Waals surface area contributed by atoms with Crippen molar-refractivity contribution in [1.29, 1.82) is 0 Å². The highest BCUT2D eigenvalue weighted by Crippen LogP contribution is 2.59. The maximum Gasteiger partial charge on any atom is 0.399 e. The predicted octanol–water partition coefficient (Wildman–Crippen LogP) is 3.93. The number of fused-ring (bicyclic) bond motifs is 2. The summed E-state index contributed by atoms with van der Waals surface area (Å²) < 4.78 is 54.3. The summed E-state index contributed by atoms with van der Waals surface area (Å²) in [6, 6.07) is 4.04. The van der Waals surface area contributed by atoms with Crippen LogP contribution in [0.25, 0.3) is 10.1 Å². The maximum atomic E-state index is 14.2. The minimum Gasteiger partial charge on any atom is -0.340 e. The van der Waals surface area contributed by atoms with E-state index in [-0.39, 0.29) is 39.9 Å². The fourth-order valence-corrected chi connectivity index (χ4v) is 7.65. The van der Waals surface area contributed by atoms with Crippen LogP contribution < -0.4 is 5.32 Å². The first-order valence-electron chi connectivity index (χ1n) is 13.8. The van der Waals surface area contributed by atoms with Crippen LogP contribution in [-0.4, -0.2) is 73.5 Å². The summed E-state index contributed by atoms with van der Waals surface area (Å²) in [4.78, 5) is 65.8. The quantitative estimate of drug-likeness (QED) is 0.349. The number of hydrogen-bond donors (Lipinski definition) is 3. The molecule has 3 fully saturated rings. The van der Waals surface area contributed by atoms with E-state index in [0.717, 1.165) is 23.5 Å². The van der Waals surface area contributed by atoms with E-state index in [0.29, 0.717) is 55.5 Å². The standard InChI is InChI=1S/C28H28F3N4O6PS/c29-20-8-9-32-12-19(20)16-13-34(14-16)27(38)22-6-5-18-2-1-3-21(26(37)35(18)22)33-25(36)24-11-15-10-17(4-7-23(15)43-24)28(30,31)42(39,40)41/h4,7-12,16,18,21-22H,1-3,5-6,13-14H2,(H,33,36)(H2,39,40,41)/t18-,21-,22-/m0/s1. The Kier molecular flexibility index (Phi) is 7.60. The third-order valence-corrected chi connectivity index (χ3v) is 10.7. The number of rotatable bonds is 6. The third kappa shape index (κ3) is 5.34. The number of likely N-dealkylation sites (tertiary alicyclic amines) is 1. The molecule has 0 bridgehead atoms. The first-order valence-corrected chi connectivity index (χ1v) is 16.3. The molecule has 6 rings (SSSR count). The van der Waals surface area contributed by atoms with Crippen LogP contribution >= 0.6 is 18.9 Å². The average Bonchev–Trinajstić information content (AvgIpc) is 3.52.